The van der Waals surface area contributed by atoms with Crippen molar-refractivity contribution in [3.63, 3.8) is 0 Å². The quantitative estimate of drug-likeness (QED) is 0.748. The Morgan fingerprint density at radius 1 is 1.21 bits per heavy atom. The molecule has 0 aromatic rings. The van der Waals surface area contributed by atoms with Crippen molar-refractivity contribution in [1.29, 1.82) is 0 Å². The second kappa shape index (κ2) is 8.84. The van der Waals surface area contributed by atoms with Crippen LogP contribution < -0.4 is 11.1 Å². The van der Waals surface area contributed by atoms with E-state index in [1.54, 1.807) is 0 Å². The lowest BCUT2D eigenvalue weighted by Gasteiger charge is -2.46. The minimum atomic E-state index is -0.332. The summed E-state index contributed by atoms with van der Waals surface area (Å²) in [5, 5.41) is 3.58. The Kier molecular flexibility index (Phi) is 7.08. The van der Waals surface area contributed by atoms with Crippen LogP contribution in [-0.4, -0.2) is 41.9 Å². The maximum absolute atomic E-state index is 13.4. The number of primary amides is 1. The first kappa shape index (κ1) is 19.2. The highest BCUT2D eigenvalue weighted by atomic mass is 16.2. The maximum atomic E-state index is 13.4. The number of nitrogens with zero attached hydrogens (tertiary/aromatic N) is 1. The fraction of sp³-hybridized carbons (Fsp3) is 0.895. The molecule has 2 aliphatic rings. The van der Waals surface area contributed by atoms with Crippen LogP contribution in [0.4, 0.5) is 0 Å². The van der Waals surface area contributed by atoms with Crippen molar-refractivity contribution in [2.24, 2.45) is 23.5 Å². The zero-order valence-corrected chi connectivity index (χ0v) is 15.6. The van der Waals surface area contributed by atoms with Gasteiger partial charge in [0.2, 0.25) is 11.8 Å². The number of amides is 2. The molecule has 3 N–H and O–H groups in total. The number of fused-ring (bicyclic) bond motifs is 1. The number of nitrogens with one attached hydrogen (secondary N) is 1. The smallest absolute Gasteiger partial charge is 0.226 e. The number of hydrogen-bond donors (Lipinski definition) is 2. The lowest BCUT2D eigenvalue weighted by molar-refractivity contribution is -0.146. The predicted octanol–water partition coefficient (Wildman–Crippen LogP) is 2.29. The van der Waals surface area contributed by atoms with Crippen molar-refractivity contribution in [2.45, 2.75) is 77.8 Å². The largest absolute Gasteiger partial charge is 0.369 e. The SMILES string of the molecule is CCC[C@H](C(N)=O)[C@@H](CC(C)C)C(=O)N1CCNC2CCCCC21. The first-order chi connectivity index (χ1) is 11.5. The molecule has 4 atom stereocenters. The lowest BCUT2D eigenvalue weighted by atomic mass is 9.79. The standard InChI is InChI=1S/C19H35N3O2/c1-4-7-14(18(20)23)15(12-13(2)3)19(24)22-11-10-21-16-8-5-6-9-17(16)22/h13-17,21H,4-12H2,1-3H3,(H2,20,23)/t14-,15+,16?,17?/m0/s1. The molecule has 0 radical (unpaired) electrons. The molecule has 5 heteroatoms. The van der Waals surface area contributed by atoms with Crippen molar-refractivity contribution in [3.8, 4) is 0 Å². The lowest BCUT2D eigenvalue weighted by Crippen LogP contribution is -2.62. The fourth-order valence-corrected chi connectivity index (χ4v) is 4.54. The molecule has 2 amide bonds. The topological polar surface area (TPSA) is 75.4 Å². The third kappa shape index (κ3) is 4.50. The Morgan fingerprint density at radius 2 is 1.92 bits per heavy atom. The summed E-state index contributed by atoms with van der Waals surface area (Å²) < 4.78 is 0. The van der Waals surface area contributed by atoms with Crippen molar-refractivity contribution in [3.05, 3.63) is 0 Å². The van der Waals surface area contributed by atoms with Gasteiger partial charge in [0.1, 0.15) is 0 Å². The molecular formula is C19H35N3O2. The second-order valence-corrected chi connectivity index (χ2v) is 7.98. The fourth-order valence-electron chi connectivity index (χ4n) is 4.54. The first-order valence-electron chi connectivity index (χ1n) is 9.78. The summed E-state index contributed by atoms with van der Waals surface area (Å²) in [6.07, 6.45) is 6.99. The summed E-state index contributed by atoms with van der Waals surface area (Å²) in [5.41, 5.74) is 5.68. The Bertz CT molecular complexity index is 436. The monoisotopic (exact) mass is 337 g/mol. The number of piperazine rings is 1. The van der Waals surface area contributed by atoms with Crippen LogP contribution in [0, 0.1) is 17.8 Å². The van der Waals surface area contributed by atoms with Crippen LogP contribution in [0.5, 0.6) is 0 Å². The molecule has 0 aromatic heterocycles. The highest BCUT2D eigenvalue weighted by molar-refractivity contribution is 5.87. The van der Waals surface area contributed by atoms with E-state index in [1.807, 2.05) is 0 Å². The molecule has 2 fully saturated rings. The van der Waals surface area contributed by atoms with E-state index < -0.39 is 0 Å². The highest BCUT2D eigenvalue weighted by Gasteiger charge is 2.41. The molecule has 2 rings (SSSR count). The van der Waals surface area contributed by atoms with Gasteiger partial charge >= 0.3 is 0 Å². The molecule has 0 spiro atoms. The first-order valence-corrected chi connectivity index (χ1v) is 9.78. The minimum absolute atomic E-state index is 0.166. The number of rotatable bonds is 7. The van der Waals surface area contributed by atoms with Gasteiger partial charge in [-0.3, -0.25) is 9.59 Å². The summed E-state index contributed by atoms with van der Waals surface area (Å²) in [7, 11) is 0. The Morgan fingerprint density at radius 3 is 2.54 bits per heavy atom. The Hall–Kier alpha value is -1.10. The number of hydrogen-bond acceptors (Lipinski definition) is 3. The van der Waals surface area contributed by atoms with Crippen LogP contribution in [-0.2, 0) is 9.59 Å². The molecule has 1 saturated carbocycles. The van der Waals surface area contributed by atoms with E-state index >= 15 is 0 Å². The molecule has 1 saturated heterocycles. The van der Waals surface area contributed by atoms with Gasteiger partial charge in [-0.2, -0.15) is 0 Å². The molecule has 1 aliphatic heterocycles. The van der Waals surface area contributed by atoms with E-state index in [1.165, 1.54) is 12.8 Å². The van der Waals surface area contributed by atoms with Crippen LogP contribution in [0.15, 0.2) is 0 Å². The van der Waals surface area contributed by atoms with Gasteiger partial charge in [0.25, 0.3) is 0 Å². The van der Waals surface area contributed by atoms with E-state index in [2.05, 4.69) is 31.0 Å². The van der Waals surface area contributed by atoms with Gasteiger partial charge in [0.05, 0.1) is 0 Å². The molecule has 5 nitrogen and oxygen atoms in total. The second-order valence-electron chi connectivity index (χ2n) is 7.98. The number of nitrogens with two attached hydrogens (primary N) is 1. The minimum Gasteiger partial charge on any atom is -0.369 e. The van der Waals surface area contributed by atoms with Crippen molar-refractivity contribution < 1.29 is 9.59 Å². The summed E-state index contributed by atoms with van der Waals surface area (Å²) in [4.78, 5) is 27.5. The Labute approximate surface area is 146 Å². The molecule has 0 aromatic carbocycles. The van der Waals surface area contributed by atoms with E-state index in [-0.39, 0.29) is 23.7 Å². The average molecular weight is 338 g/mol. The van der Waals surface area contributed by atoms with Gasteiger partial charge in [-0.1, -0.05) is 40.0 Å². The van der Waals surface area contributed by atoms with E-state index in [0.717, 1.165) is 38.8 Å². The summed E-state index contributed by atoms with van der Waals surface area (Å²) in [6.45, 7) is 7.90. The van der Waals surface area contributed by atoms with Gasteiger partial charge in [-0.05, 0) is 31.6 Å². The van der Waals surface area contributed by atoms with Gasteiger partial charge in [0.15, 0.2) is 0 Å². The molecule has 24 heavy (non-hydrogen) atoms. The van der Waals surface area contributed by atoms with E-state index in [4.69, 9.17) is 5.73 Å². The van der Waals surface area contributed by atoms with Crippen LogP contribution in [0.25, 0.3) is 0 Å². The van der Waals surface area contributed by atoms with Crippen molar-refractivity contribution in [2.75, 3.05) is 13.1 Å². The van der Waals surface area contributed by atoms with Crippen LogP contribution in [0.1, 0.15) is 65.7 Å². The molecule has 1 aliphatic carbocycles. The van der Waals surface area contributed by atoms with Crippen molar-refractivity contribution >= 4 is 11.8 Å². The maximum Gasteiger partial charge on any atom is 0.226 e. The molecule has 2 unspecified atom stereocenters. The molecule has 1 heterocycles. The van der Waals surface area contributed by atoms with Crippen LogP contribution in [0.2, 0.25) is 0 Å². The predicted molar refractivity (Wildman–Crippen MR) is 96.3 cm³/mol. The van der Waals surface area contributed by atoms with Gasteiger partial charge in [-0.25, -0.2) is 0 Å². The third-order valence-electron chi connectivity index (χ3n) is 5.67. The van der Waals surface area contributed by atoms with Crippen molar-refractivity contribution in [1.82, 2.24) is 10.2 Å². The van der Waals surface area contributed by atoms with E-state index in [9.17, 15) is 9.59 Å². The van der Waals surface area contributed by atoms with Gasteiger partial charge in [-0.15, -0.1) is 0 Å². The zero-order chi connectivity index (χ0) is 17.7. The molecular weight excluding hydrogens is 302 g/mol. The van der Waals surface area contributed by atoms with Crippen LogP contribution in [0.3, 0.4) is 0 Å². The normalized spacial score (nSPS) is 26.8. The molecule has 138 valence electrons. The summed E-state index contributed by atoms with van der Waals surface area (Å²) >= 11 is 0. The average Bonchev–Trinajstić information content (AvgIpc) is 2.56. The Balaban J connectivity index is 2.20. The van der Waals surface area contributed by atoms with E-state index in [0.29, 0.717) is 24.4 Å². The summed E-state index contributed by atoms with van der Waals surface area (Å²) in [5.74, 6) is -0.363. The zero-order valence-electron chi connectivity index (χ0n) is 15.6. The van der Waals surface area contributed by atoms with Gasteiger partial charge in [0, 0.05) is 37.0 Å². The van der Waals surface area contributed by atoms with Crippen LogP contribution >= 0.6 is 0 Å². The highest BCUT2D eigenvalue weighted by Crippen LogP contribution is 2.31. The number of carbonyl (C=O) groups is 2. The number of carbonyl (C=O) groups excluding carboxylic acids is 2. The van der Waals surface area contributed by atoms with Gasteiger partial charge < -0.3 is 16.0 Å². The summed E-state index contributed by atoms with van der Waals surface area (Å²) in [6, 6.07) is 0.721. The third-order valence-corrected chi connectivity index (χ3v) is 5.67. The molecule has 0 bridgehead atoms.